The summed E-state index contributed by atoms with van der Waals surface area (Å²) in [5, 5.41) is 0. The molecule has 0 unspecified atom stereocenters. The van der Waals surface area contributed by atoms with E-state index in [0.29, 0.717) is 19.8 Å². The lowest BCUT2D eigenvalue weighted by molar-refractivity contribution is 0.195. The molecule has 1 aliphatic heterocycles. The van der Waals surface area contributed by atoms with E-state index in [1.54, 1.807) is 20.5 Å². The number of hydrogen-bond donors (Lipinski definition) is 0. The van der Waals surface area contributed by atoms with Gasteiger partial charge in [-0.2, -0.15) is 0 Å². The zero-order valence-electron chi connectivity index (χ0n) is 7.42. The van der Waals surface area contributed by atoms with Crippen molar-refractivity contribution < 1.29 is 14.2 Å². The summed E-state index contributed by atoms with van der Waals surface area (Å²) >= 11 is 0. The quantitative estimate of drug-likeness (QED) is 0.626. The summed E-state index contributed by atoms with van der Waals surface area (Å²) in [5.41, 5.74) is 2.04. The maximum Gasteiger partial charge on any atom is 0.113 e. The molecule has 0 atom stereocenters. The van der Waals surface area contributed by atoms with Gasteiger partial charge in [0.15, 0.2) is 0 Å². The maximum atomic E-state index is 5.08. The van der Waals surface area contributed by atoms with Crippen LogP contribution in [0, 0.1) is 6.08 Å². The van der Waals surface area contributed by atoms with Crippen molar-refractivity contribution in [1.82, 2.24) is 0 Å². The second-order valence-electron chi connectivity index (χ2n) is 2.48. The molecule has 1 radical (unpaired) electrons. The largest absolute Gasteiger partial charge is 0.496 e. The predicted molar refractivity (Wildman–Crippen MR) is 44.5 cm³/mol. The van der Waals surface area contributed by atoms with Crippen LogP contribution in [0.4, 0.5) is 0 Å². The van der Waals surface area contributed by atoms with Crippen LogP contribution in [0.3, 0.4) is 0 Å². The van der Waals surface area contributed by atoms with Crippen molar-refractivity contribution in [2.75, 3.05) is 34.0 Å². The van der Waals surface area contributed by atoms with Crippen molar-refractivity contribution in [3.8, 4) is 0 Å². The molecule has 0 amide bonds. The zero-order valence-corrected chi connectivity index (χ0v) is 7.42. The molecule has 12 heavy (non-hydrogen) atoms. The Balaban J connectivity index is 2.55. The molecule has 0 saturated carbocycles. The Morgan fingerprint density at radius 3 is 2.83 bits per heavy atom. The van der Waals surface area contributed by atoms with Gasteiger partial charge in [0, 0.05) is 25.9 Å². The molecule has 1 heterocycles. The number of hydrogen-bond acceptors (Lipinski definition) is 3. The summed E-state index contributed by atoms with van der Waals surface area (Å²) in [6.07, 6.45) is 4.78. The van der Waals surface area contributed by atoms with Crippen molar-refractivity contribution in [2.45, 2.75) is 0 Å². The topological polar surface area (TPSA) is 27.7 Å². The van der Waals surface area contributed by atoms with Crippen LogP contribution in [0.1, 0.15) is 0 Å². The first-order valence-electron chi connectivity index (χ1n) is 3.77. The van der Waals surface area contributed by atoms with Gasteiger partial charge in [-0.15, -0.1) is 0 Å². The van der Waals surface area contributed by atoms with E-state index < -0.39 is 0 Å². The van der Waals surface area contributed by atoms with Crippen molar-refractivity contribution in [1.29, 1.82) is 0 Å². The predicted octanol–water partition coefficient (Wildman–Crippen LogP) is 0.923. The van der Waals surface area contributed by atoms with Crippen molar-refractivity contribution >= 4 is 0 Å². The maximum absolute atomic E-state index is 5.08. The van der Waals surface area contributed by atoms with Crippen LogP contribution >= 0.6 is 0 Å². The van der Waals surface area contributed by atoms with E-state index in [-0.39, 0.29) is 0 Å². The lowest BCUT2D eigenvalue weighted by atomic mass is 10.1. The first-order chi connectivity index (χ1) is 5.88. The van der Waals surface area contributed by atoms with Gasteiger partial charge >= 0.3 is 0 Å². The fraction of sp³-hybridized carbons (Fsp3) is 0.556. The lowest BCUT2D eigenvalue weighted by Gasteiger charge is -2.14. The van der Waals surface area contributed by atoms with E-state index in [4.69, 9.17) is 14.2 Å². The fourth-order valence-corrected chi connectivity index (χ4v) is 1.02. The first-order valence-corrected chi connectivity index (χ1v) is 3.77. The Labute approximate surface area is 72.6 Å². The molecule has 0 aromatic heterocycles. The fourth-order valence-electron chi connectivity index (χ4n) is 1.02. The first kappa shape index (κ1) is 9.29. The molecular weight excluding hydrogens is 156 g/mol. The molecule has 0 saturated heterocycles. The molecule has 3 nitrogen and oxygen atoms in total. The van der Waals surface area contributed by atoms with Gasteiger partial charge in [-0.1, -0.05) is 0 Å². The minimum absolute atomic E-state index is 0.506. The molecular formula is C9H13O3. The van der Waals surface area contributed by atoms with Crippen LogP contribution < -0.4 is 0 Å². The third kappa shape index (κ3) is 2.36. The van der Waals surface area contributed by atoms with E-state index in [1.165, 1.54) is 0 Å². The second-order valence-corrected chi connectivity index (χ2v) is 2.48. The Morgan fingerprint density at radius 1 is 1.42 bits per heavy atom. The highest BCUT2D eigenvalue weighted by atomic mass is 16.5. The van der Waals surface area contributed by atoms with Gasteiger partial charge in [-0.05, 0) is 5.57 Å². The molecule has 0 aliphatic carbocycles. The minimum atomic E-state index is 0.506. The summed E-state index contributed by atoms with van der Waals surface area (Å²) in [5.74, 6) is 0. The summed E-state index contributed by atoms with van der Waals surface area (Å²) in [6.45, 7) is 1.62. The monoisotopic (exact) mass is 169 g/mol. The van der Waals surface area contributed by atoms with Crippen LogP contribution in [0.5, 0.6) is 0 Å². The van der Waals surface area contributed by atoms with Gasteiger partial charge in [0.05, 0.1) is 19.5 Å². The third-order valence-electron chi connectivity index (χ3n) is 1.57. The second kappa shape index (κ2) is 4.95. The van der Waals surface area contributed by atoms with Crippen LogP contribution in [0.15, 0.2) is 17.4 Å². The van der Waals surface area contributed by atoms with Crippen LogP contribution in [-0.2, 0) is 14.2 Å². The SMILES string of the molecule is COCC1=[C]COC=C1COC. The van der Waals surface area contributed by atoms with Crippen LogP contribution in [0.2, 0.25) is 0 Å². The summed E-state index contributed by atoms with van der Waals surface area (Å²) in [7, 11) is 3.31. The highest BCUT2D eigenvalue weighted by molar-refractivity contribution is 5.30. The molecule has 1 rings (SSSR count). The molecule has 0 N–H and O–H groups in total. The molecule has 0 aromatic carbocycles. The highest BCUT2D eigenvalue weighted by Crippen LogP contribution is 2.14. The highest BCUT2D eigenvalue weighted by Gasteiger charge is 2.09. The van der Waals surface area contributed by atoms with E-state index in [2.05, 4.69) is 6.08 Å². The average molecular weight is 169 g/mol. The molecule has 67 valence electrons. The zero-order chi connectivity index (χ0) is 8.81. The van der Waals surface area contributed by atoms with Gasteiger partial charge in [0.25, 0.3) is 0 Å². The Kier molecular flexibility index (Phi) is 3.84. The standard InChI is InChI=1S/C9H13O3/c1-10-5-8-3-4-12-7-9(8)6-11-2/h7H,4-6H2,1-2H3. The average Bonchev–Trinajstić information content (AvgIpc) is 2.09. The van der Waals surface area contributed by atoms with Gasteiger partial charge in [-0.3, -0.25) is 0 Å². The van der Waals surface area contributed by atoms with E-state index >= 15 is 0 Å². The van der Waals surface area contributed by atoms with Crippen molar-refractivity contribution in [2.24, 2.45) is 0 Å². The lowest BCUT2D eigenvalue weighted by Crippen LogP contribution is -2.09. The molecule has 0 bridgehead atoms. The summed E-state index contributed by atoms with van der Waals surface area (Å²) in [4.78, 5) is 0. The number of rotatable bonds is 4. The van der Waals surface area contributed by atoms with Gasteiger partial charge in [-0.25, -0.2) is 0 Å². The summed E-state index contributed by atoms with van der Waals surface area (Å²) < 4.78 is 15.1. The molecule has 0 spiro atoms. The number of methoxy groups -OCH3 is 2. The van der Waals surface area contributed by atoms with Gasteiger partial charge in [0.1, 0.15) is 6.61 Å². The minimum Gasteiger partial charge on any atom is -0.496 e. The van der Waals surface area contributed by atoms with Crippen molar-refractivity contribution in [3.05, 3.63) is 23.5 Å². The molecule has 3 heteroatoms. The van der Waals surface area contributed by atoms with Crippen LogP contribution in [0.25, 0.3) is 0 Å². The molecule has 0 fully saturated rings. The van der Waals surface area contributed by atoms with E-state index in [1.807, 2.05) is 0 Å². The molecule has 0 aromatic rings. The smallest absolute Gasteiger partial charge is 0.113 e. The van der Waals surface area contributed by atoms with Gasteiger partial charge < -0.3 is 14.2 Å². The van der Waals surface area contributed by atoms with Crippen molar-refractivity contribution in [3.63, 3.8) is 0 Å². The van der Waals surface area contributed by atoms with Crippen LogP contribution in [-0.4, -0.2) is 34.0 Å². The Hall–Kier alpha value is -0.800. The van der Waals surface area contributed by atoms with E-state index in [9.17, 15) is 0 Å². The number of ether oxygens (including phenoxy) is 3. The Morgan fingerprint density at radius 2 is 2.17 bits per heavy atom. The normalized spacial score (nSPS) is 16.5. The third-order valence-corrected chi connectivity index (χ3v) is 1.57. The van der Waals surface area contributed by atoms with E-state index in [0.717, 1.165) is 11.1 Å². The van der Waals surface area contributed by atoms with Gasteiger partial charge in [0.2, 0.25) is 0 Å². The summed E-state index contributed by atoms with van der Waals surface area (Å²) in [6, 6.07) is 0. The Bertz CT molecular complexity index is 172. The molecule has 1 aliphatic rings.